The second kappa shape index (κ2) is 5.94. The van der Waals surface area contributed by atoms with Gasteiger partial charge in [0.1, 0.15) is 0 Å². The fourth-order valence-electron chi connectivity index (χ4n) is 3.22. The van der Waals surface area contributed by atoms with E-state index in [1.54, 1.807) is 0 Å². The number of rotatable bonds is 4. The number of amides is 1. The average Bonchev–Trinajstić information content (AvgIpc) is 3.10. The maximum absolute atomic E-state index is 12.1. The molecule has 1 amide bonds. The highest BCUT2D eigenvalue weighted by Gasteiger charge is 2.48. The number of hydrogen-bond acceptors (Lipinski definition) is 3. The van der Waals surface area contributed by atoms with Gasteiger partial charge in [0.25, 0.3) is 0 Å². The van der Waals surface area contributed by atoms with E-state index < -0.39 is 5.79 Å². The van der Waals surface area contributed by atoms with Crippen molar-refractivity contribution in [3.63, 3.8) is 0 Å². The average molecular weight is 275 g/mol. The molecule has 1 saturated heterocycles. The highest BCUT2D eigenvalue weighted by atomic mass is 16.7. The Hall–Kier alpha value is -1.39. The first kappa shape index (κ1) is 13.6. The smallest absolute Gasteiger partial charge is 0.220 e. The second-order valence-corrected chi connectivity index (χ2v) is 5.56. The van der Waals surface area contributed by atoms with Gasteiger partial charge in [-0.3, -0.25) is 4.79 Å². The molecule has 1 aromatic rings. The largest absolute Gasteiger partial charge is 0.352 e. The van der Waals surface area contributed by atoms with E-state index in [0.717, 1.165) is 24.8 Å². The first-order valence-corrected chi connectivity index (χ1v) is 7.37. The van der Waals surface area contributed by atoms with Crippen molar-refractivity contribution < 1.29 is 14.3 Å². The topological polar surface area (TPSA) is 47.6 Å². The molecule has 1 heterocycles. The molecular formula is C16H21NO3. The van der Waals surface area contributed by atoms with Crippen molar-refractivity contribution in [1.82, 2.24) is 5.32 Å². The van der Waals surface area contributed by atoms with Crippen LogP contribution in [0.3, 0.4) is 0 Å². The minimum Gasteiger partial charge on any atom is -0.352 e. The maximum atomic E-state index is 12.1. The van der Waals surface area contributed by atoms with E-state index in [0.29, 0.717) is 26.2 Å². The Morgan fingerprint density at radius 2 is 2.00 bits per heavy atom. The van der Waals surface area contributed by atoms with E-state index in [9.17, 15) is 4.79 Å². The predicted molar refractivity (Wildman–Crippen MR) is 74.9 cm³/mol. The molecule has 2 aliphatic rings. The molecule has 1 aliphatic heterocycles. The highest BCUT2D eigenvalue weighted by Crippen LogP contribution is 2.43. The van der Waals surface area contributed by atoms with Crippen LogP contribution in [0, 0.1) is 5.92 Å². The van der Waals surface area contributed by atoms with Gasteiger partial charge in [-0.1, -0.05) is 30.3 Å². The normalized spacial score (nSPS) is 24.1. The Labute approximate surface area is 119 Å². The molecule has 1 unspecified atom stereocenters. The molecule has 0 radical (unpaired) electrons. The number of nitrogens with one attached hydrogen (secondary N) is 1. The van der Waals surface area contributed by atoms with E-state index in [1.807, 2.05) is 30.3 Å². The van der Waals surface area contributed by atoms with Crippen LogP contribution in [-0.4, -0.2) is 24.9 Å². The van der Waals surface area contributed by atoms with Crippen molar-refractivity contribution in [3.05, 3.63) is 35.9 Å². The Morgan fingerprint density at radius 3 is 2.75 bits per heavy atom. The van der Waals surface area contributed by atoms with Gasteiger partial charge in [0.2, 0.25) is 5.91 Å². The summed E-state index contributed by atoms with van der Waals surface area (Å²) in [6.45, 7) is 1.89. The van der Waals surface area contributed by atoms with Crippen LogP contribution < -0.4 is 5.32 Å². The maximum Gasteiger partial charge on any atom is 0.220 e. The summed E-state index contributed by atoms with van der Waals surface area (Å²) in [4.78, 5) is 12.1. The summed E-state index contributed by atoms with van der Waals surface area (Å²) < 4.78 is 11.6. The fraction of sp³-hybridized carbons (Fsp3) is 0.562. The van der Waals surface area contributed by atoms with Gasteiger partial charge >= 0.3 is 0 Å². The highest BCUT2D eigenvalue weighted by molar-refractivity contribution is 5.76. The fourth-order valence-corrected chi connectivity index (χ4v) is 3.22. The summed E-state index contributed by atoms with van der Waals surface area (Å²) in [6, 6.07) is 9.96. The number of benzene rings is 1. The van der Waals surface area contributed by atoms with Crippen molar-refractivity contribution >= 4 is 5.91 Å². The van der Waals surface area contributed by atoms with Crippen molar-refractivity contribution in [2.75, 3.05) is 13.2 Å². The number of carbonyl (C=O) groups is 1. The van der Waals surface area contributed by atoms with E-state index in [-0.39, 0.29) is 11.8 Å². The van der Waals surface area contributed by atoms with Gasteiger partial charge in [0, 0.05) is 25.3 Å². The summed E-state index contributed by atoms with van der Waals surface area (Å²) in [5, 5.41) is 2.98. The zero-order valence-corrected chi connectivity index (χ0v) is 11.6. The van der Waals surface area contributed by atoms with Gasteiger partial charge in [0.15, 0.2) is 5.79 Å². The van der Waals surface area contributed by atoms with Crippen LogP contribution in [0.15, 0.2) is 30.3 Å². The number of carbonyl (C=O) groups excluding carboxylic acids is 1. The van der Waals surface area contributed by atoms with Crippen molar-refractivity contribution in [2.45, 2.75) is 38.0 Å². The Balaban J connectivity index is 1.51. The lowest BCUT2D eigenvalue weighted by Gasteiger charge is -2.28. The summed E-state index contributed by atoms with van der Waals surface area (Å²) in [5.41, 5.74) is 1.12. The number of hydrogen-bond donors (Lipinski definition) is 1. The third-order valence-corrected chi connectivity index (χ3v) is 4.24. The first-order valence-electron chi connectivity index (χ1n) is 7.37. The molecule has 2 fully saturated rings. The lowest BCUT2D eigenvalue weighted by molar-refractivity contribution is -0.184. The van der Waals surface area contributed by atoms with Crippen molar-refractivity contribution in [3.8, 4) is 0 Å². The Bertz CT molecular complexity index is 449. The van der Waals surface area contributed by atoms with Crippen LogP contribution >= 0.6 is 0 Å². The molecule has 1 saturated carbocycles. The zero-order chi connectivity index (χ0) is 13.8. The van der Waals surface area contributed by atoms with Crippen LogP contribution in [0.5, 0.6) is 0 Å². The van der Waals surface area contributed by atoms with Gasteiger partial charge in [0.05, 0.1) is 13.2 Å². The lowest BCUT2D eigenvalue weighted by atomic mass is 9.98. The van der Waals surface area contributed by atoms with E-state index >= 15 is 0 Å². The molecular weight excluding hydrogens is 254 g/mol. The summed E-state index contributed by atoms with van der Waals surface area (Å²) in [5.74, 6) is -0.190. The third kappa shape index (κ3) is 2.86. The standard InChI is InChI=1S/C16H21NO3/c18-15(17-12-13-5-2-1-3-6-13)11-14-7-4-8-16(14)19-9-10-20-16/h1-3,5-6,14H,4,7-12H2,(H,17,18). The molecule has 4 nitrogen and oxygen atoms in total. The van der Waals surface area contributed by atoms with Crippen LogP contribution in [0.4, 0.5) is 0 Å². The quantitative estimate of drug-likeness (QED) is 0.916. The molecule has 1 spiro atoms. The minimum absolute atomic E-state index is 0.0826. The van der Waals surface area contributed by atoms with Crippen LogP contribution in [0.25, 0.3) is 0 Å². The van der Waals surface area contributed by atoms with Gasteiger partial charge in [-0.05, 0) is 18.4 Å². The summed E-state index contributed by atoms with van der Waals surface area (Å²) >= 11 is 0. The molecule has 1 atom stereocenters. The molecule has 1 N–H and O–H groups in total. The SMILES string of the molecule is O=C(CC1CCCC12OCCO2)NCc1ccccc1. The van der Waals surface area contributed by atoms with E-state index in [4.69, 9.17) is 9.47 Å². The van der Waals surface area contributed by atoms with Gasteiger partial charge in [-0.15, -0.1) is 0 Å². The van der Waals surface area contributed by atoms with Gasteiger partial charge in [-0.25, -0.2) is 0 Å². The van der Waals surface area contributed by atoms with Crippen LogP contribution in [0.1, 0.15) is 31.2 Å². The Kier molecular flexibility index (Phi) is 4.03. The molecule has 4 heteroatoms. The summed E-state index contributed by atoms with van der Waals surface area (Å²) in [7, 11) is 0. The first-order chi connectivity index (χ1) is 9.78. The van der Waals surface area contributed by atoms with Crippen molar-refractivity contribution in [2.24, 2.45) is 5.92 Å². The molecule has 0 aromatic heterocycles. The molecule has 1 aliphatic carbocycles. The molecule has 0 bridgehead atoms. The van der Waals surface area contributed by atoms with Gasteiger partial charge < -0.3 is 14.8 Å². The van der Waals surface area contributed by atoms with Gasteiger partial charge in [-0.2, -0.15) is 0 Å². The molecule has 108 valence electrons. The van der Waals surface area contributed by atoms with Crippen molar-refractivity contribution in [1.29, 1.82) is 0 Å². The third-order valence-electron chi connectivity index (χ3n) is 4.24. The molecule has 1 aromatic carbocycles. The number of ether oxygens (including phenoxy) is 2. The monoisotopic (exact) mass is 275 g/mol. The predicted octanol–water partition coefficient (Wildman–Crippen LogP) is 2.24. The minimum atomic E-state index is -0.468. The van der Waals surface area contributed by atoms with E-state index in [1.165, 1.54) is 0 Å². The molecule has 20 heavy (non-hydrogen) atoms. The van der Waals surface area contributed by atoms with E-state index in [2.05, 4.69) is 5.32 Å². The Morgan fingerprint density at radius 1 is 1.25 bits per heavy atom. The van der Waals surface area contributed by atoms with Crippen LogP contribution in [0.2, 0.25) is 0 Å². The van der Waals surface area contributed by atoms with Crippen LogP contribution in [-0.2, 0) is 20.8 Å². The molecule has 3 rings (SSSR count). The second-order valence-electron chi connectivity index (χ2n) is 5.56. The lowest BCUT2D eigenvalue weighted by Crippen LogP contribution is -2.37. The summed E-state index contributed by atoms with van der Waals surface area (Å²) in [6.07, 6.45) is 3.51. The zero-order valence-electron chi connectivity index (χ0n) is 11.6.